The summed E-state index contributed by atoms with van der Waals surface area (Å²) in [6, 6.07) is 6.33. The van der Waals surface area contributed by atoms with Gasteiger partial charge in [-0.1, -0.05) is 12.1 Å². The molecule has 0 aliphatic carbocycles. The Morgan fingerprint density at radius 3 is 2.47 bits per heavy atom. The number of phenols is 1. The van der Waals surface area contributed by atoms with Crippen LogP contribution in [0.4, 0.5) is 10.5 Å². The molecule has 0 saturated carbocycles. The van der Waals surface area contributed by atoms with E-state index in [0.717, 1.165) is 0 Å². The fourth-order valence-electron chi connectivity index (χ4n) is 1.24. The molecule has 0 heterocycles. The number of hydrogen-bond acceptors (Lipinski definition) is 4. The van der Waals surface area contributed by atoms with Crippen LogP contribution in [0.3, 0.4) is 0 Å². The minimum atomic E-state index is -0.667. The van der Waals surface area contributed by atoms with Crippen LogP contribution < -0.4 is 10.6 Å². The van der Waals surface area contributed by atoms with Crippen molar-refractivity contribution in [1.29, 1.82) is 0 Å². The Labute approximate surface area is 111 Å². The highest BCUT2D eigenvalue weighted by molar-refractivity contribution is 5.95. The zero-order chi connectivity index (χ0) is 14.5. The number of aromatic hydroxyl groups is 1. The zero-order valence-corrected chi connectivity index (χ0v) is 11.2. The van der Waals surface area contributed by atoms with Gasteiger partial charge in [0.15, 0.2) is 0 Å². The van der Waals surface area contributed by atoms with Crippen LogP contribution in [0.5, 0.6) is 5.75 Å². The summed E-state index contributed by atoms with van der Waals surface area (Å²) in [5.41, 5.74) is -0.323. The first-order valence-corrected chi connectivity index (χ1v) is 5.82. The SMILES string of the molecule is CC(C)(C)OC(=O)NCC(=O)Nc1ccccc1O. The van der Waals surface area contributed by atoms with Crippen LogP contribution in [-0.2, 0) is 9.53 Å². The molecule has 0 saturated heterocycles. The van der Waals surface area contributed by atoms with Crippen molar-refractivity contribution in [2.75, 3.05) is 11.9 Å². The van der Waals surface area contributed by atoms with E-state index in [0.29, 0.717) is 5.69 Å². The van der Waals surface area contributed by atoms with Crippen molar-refractivity contribution >= 4 is 17.7 Å². The van der Waals surface area contributed by atoms with E-state index >= 15 is 0 Å². The smallest absolute Gasteiger partial charge is 0.408 e. The Bertz CT molecular complexity index is 466. The molecule has 1 aromatic rings. The van der Waals surface area contributed by atoms with Gasteiger partial charge in [-0.05, 0) is 32.9 Å². The summed E-state index contributed by atoms with van der Waals surface area (Å²) in [7, 11) is 0. The highest BCUT2D eigenvalue weighted by Gasteiger charge is 2.16. The lowest BCUT2D eigenvalue weighted by molar-refractivity contribution is -0.115. The molecule has 0 spiro atoms. The van der Waals surface area contributed by atoms with E-state index in [2.05, 4.69) is 10.6 Å². The third kappa shape index (κ3) is 5.76. The molecule has 0 aromatic heterocycles. The van der Waals surface area contributed by atoms with Gasteiger partial charge in [0.2, 0.25) is 5.91 Å². The molecule has 104 valence electrons. The summed E-state index contributed by atoms with van der Waals surface area (Å²) in [5, 5.41) is 14.3. The van der Waals surface area contributed by atoms with E-state index in [4.69, 9.17) is 4.74 Å². The first-order valence-electron chi connectivity index (χ1n) is 5.82. The summed E-state index contributed by atoms with van der Waals surface area (Å²) >= 11 is 0. The summed E-state index contributed by atoms with van der Waals surface area (Å²) in [6.07, 6.45) is -0.667. The summed E-state index contributed by atoms with van der Waals surface area (Å²) in [4.78, 5) is 22.9. The number of amides is 2. The van der Waals surface area contributed by atoms with Gasteiger partial charge in [0.05, 0.1) is 5.69 Å². The van der Waals surface area contributed by atoms with Crippen molar-refractivity contribution in [2.24, 2.45) is 0 Å². The predicted molar refractivity (Wildman–Crippen MR) is 71.0 cm³/mol. The maximum atomic E-state index is 11.5. The highest BCUT2D eigenvalue weighted by atomic mass is 16.6. The Morgan fingerprint density at radius 2 is 1.89 bits per heavy atom. The minimum Gasteiger partial charge on any atom is -0.506 e. The van der Waals surface area contributed by atoms with Crippen molar-refractivity contribution in [3.8, 4) is 5.75 Å². The van der Waals surface area contributed by atoms with Crippen molar-refractivity contribution < 1.29 is 19.4 Å². The molecule has 0 radical (unpaired) electrons. The second kappa shape index (κ2) is 6.08. The standard InChI is InChI=1S/C13H18N2O4/c1-13(2,3)19-12(18)14-8-11(17)15-9-6-4-5-7-10(9)16/h4-7,16H,8H2,1-3H3,(H,14,18)(H,15,17). The lowest BCUT2D eigenvalue weighted by Gasteiger charge is -2.19. The molecule has 3 N–H and O–H groups in total. The molecule has 6 heteroatoms. The fraction of sp³-hybridized carbons (Fsp3) is 0.385. The van der Waals surface area contributed by atoms with Crippen molar-refractivity contribution in [1.82, 2.24) is 5.32 Å². The molecule has 0 unspecified atom stereocenters. The summed E-state index contributed by atoms with van der Waals surface area (Å²) in [6.45, 7) is 4.96. The maximum absolute atomic E-state index is 11.5. The number of anilines is 1. The monoisotopic (exact) mass is 266 g/mol. The van der Waals surface area contributed by atoms with Gasteiger partial charge in [0, 0.05) is 0 Å². The van der Waals surface area contributed by atoms with E-state index in [-0.39, 0.29) is 12.3 Å². The molecule has 0 bridgehead atoms. The van der Waals surface area contributed by atoms with E-state index in [1.54, 1.807) is 39.0 Å². The molecule has 19 heavy (non-hydrogen) atoms. The quantitative estimate of drug-likeness (QED) is 0.729. The van der Waals surface area contributed by atoms with Crippen LogP contribution in [0.15, 0.2) is 24.3 Å². The van der Waals surface area contributed by atoms with Gasteiger partial charge in [0.1, 0.15) is 17.9 Å². The lowest BCUT2D eigenvalue weighted by Crippen LogP contribution is -2.37. The topological polar surface area (TPSA) is 87.7 Å². The zero-order valence-electron chi connectivity index (χ0n) is 11.2. The number of rotatable bonds is 3. The van der Waals surface area contributed by atoms with E-state index < -0.39 is 17.6 Å². The first-order chi connectivity index (χ1) is 8.78. The van der Waals surface area contributed by atoms with Crippen molar-refractivity contribution in [3.63, 3.8) is 0 Å². The predicted octanol–water partition coefficient (Wildman–Crippen LogP) is 1.86. The molecule has 0 atom stereocenters. The van der Waals surface area contributed by atoms with Gasteiger partial charge >= 0.3 is 6.09 Å². The van der Waals surface area contributed by atoms with Gasteiger partial charge in [-0.3, -0.25) is 4.79 Å². The number of phenolic OH excluding ortho intramolecular Hbond substituents is 1. The second-order valence-corrected chi connectivity index (χ2v) is 4.92. The normalized spacial score (nSPS) is 10.7. The van der Waals surface area contributed by atoms with E-state index in [1.807, 2.05) is 0 Å². The van der Waals surface area contributed by atoms with Gasteiger partial charge in [0.25, 0.3) is 0 Å². The molecule has 0 aliphatic rings. The minimum absolute atomic E-state index is 0.0341. The van der Waals surface area contributed by atoms with Gasteiger partial charge in [-0.2, -0.15) is 0 Å². The Balaban J connectivity index is 2.41. The van der Waals surface area contributed by atoms with Crippen molar-refractivity contribution in [3.05, 3.63) is 24.3 Å². The van der Waals surface area contributed by atoms with Gasteiger partial charge in [-0.15, -0.1) is 0 Å². The van der Waals surface area contributed by atoms with Crippen molar-refractivity contribution in [2.45, 2.75) is 26.4 Å². The number of alkyl carbamates (subject to hydrolysis) is 1. The molecular formula is C13H18N2O4. The Morgan fingerprint density at radius 1 is 1.26 bits per heavy atom. The molecule has 0 fully saturated rings. The number of benzene rings is 1. The lowest BCUT2D eigenvalue weighted by atomic mass is 10.2. The van der Waals surface area contributed by atoms with E-state index in [9.17, 15) is 14.7 Å². The number of carbonyl (C=O) groups is 2. The average molecular weight is 266 g/mol. The van der Waals surface area contributed by atoms with E-state index in [1.165, 1.54) is 6.07 Å². The van der Waals surface area contributed by atoms with Crippen LogP contribution in [0, 0.1) is 0 Å². The molecule has 6 nitrogen and oxygen atoms in total. The third-order valence-corrected chi connectivity index (χ3v) is 1.97. The van der Waals surface area contributed by atoms with Gasteiger partial charge in [-0.25, -0.2) is 4.79 Å². The van der Waals surface area contributed by atoms with Crippen LogP contribution in [0.25, 0.3) is 0 Å². The number of nitrogens with one attached hydrogen (secondary N) is 2. The highest BCUT2D eigenvalue weighted by Crippen LogP contribution is 2.20. The summed E-state index contributed by atoms with van der Waals surface area (Å²) < 4.78 is 4.98. The molecule has 1 aromatic carbocycles. The van der Waals surface area contributed by atoms with Crippen LogP contribution >= 0.6 is 0 Å². The fourth-order valence-corrected chi connectivity index (χ4v) is 1.24. The second-order valence-electron chi connectivity index (χ2n) is 4.92. The largest absolute Gasteiger partial charge is 0.506 e. The first kappa shape index (κ1) is 14.8. The van der Waals surface area contributed by atoms with Gasteiger partial charge < -0.3 is 20.5 Å². The third-order valence-electron chi connectivity index (χ3n) is 1.97. The Kier molecular flexibility index (Phi) is 4.74. The number of carbonyl (C=O) groups excluding carboxylic acids is 2. The van der Waals surface area contributed by atoms with Crippen LogP contribution in [0.1, 0.15) is 20.8 Å². The molecule has 2 amide bonds. The maximum Gasteiger partial charge on any atom is 0.408 e. The number of hydrogen-bond donors (Lipinski definition) is 3. The average Bonchev–Trinajstić information content (AvgIpc) is 2.27. The number of para-hydroxylation sites is 2. The molecular weight excluding hydrogens is 248 g/mol. The number of ether oxygens (including phenoxy) is 1. The summed E-state index contributed by atoms with van der Waals surface area (Å²) in [5.74, 6) is -0.486. The molecule has 1 rings (SSSR count). The van der Waals surface area contributed by atoms with Crippen LogP contribution in [0.2, 0.25) is 0 Å². The molecule has 0 aliphatic heterocycles. The van der Waals surface area contributed by atoms with Crippen LogP contribution in [-0.4, -0.2) is 29.3 Å². The Hall–Kier alpha value is -2.24.